The number of rotatable bonds is 4. The number of hydrogen-bond acceptors (Lipinski definition) is 7. The van der Waals surface area contributed by atoms with Gasteiger partial charge in [-0.05, 0) is 35.5 Å². The van der Waals surface area contributed by atoms with Crippen molar-refractivity contribution in [1.82, 2.24) is 29.6 Å². The van der Waals surface area contributed by atoms with Crippen molar-refractivity contribution >= 4 is 23.0 Å². The molecule has 0 amide bonds. The number of hydrogen-bond donors (Lipinski definition) is 0. The summed E-state index contributed by atoms with van der Waals surface area (Å²) in [5.74, 6) is -1.26. The van der Waals surface area contributed by atoms with Crippen LogP contribution in [0.1, 0.15) is 27.5 Å². The molecule has 4 heterocycles. The third-order valence-electron chi connectivity index (χ3n) is 3.92. The Morgan fingerprint density at radius 1 is 1.33 bits per heavy atom. The van der Waals surface area contributed by atoms with Crippen LogP contribution in [0.25, 0.3) is 21.9 Å². The Bertz CT molecular complexity index is 1150. The second-order valence-electron chi connectivity index (χ2n) is 5.60. The van der Waals surface area contributed by atoms with Gasteiger partial charge < -0.3 is 4.74 Å². The molecule has 4 rings (SSSR count). The van der Waals surface area contributed by atoms with Gasteiger partial charge in [-0.3, -0.25) is 4.40 Å². The number of tetrazole rings is 1. The van der Waals surface area contributed by atoms with Gasteiger partial charge >= 0.3 is 5.97 Å². The van der Waals surface area contributed by atoms with Crippen LogP contribution in [-0.2, 0) is 4.74 Å². The van der Waals surface area contributed by atoms with Crippen LogP contribution in [-0.4, -0.2) is 42.7 Å². The van der Waals surface area contributed by atoms with Gasteiger partial charge in [-0.25, -0.2) is 18.6 Å². The highest BCUT2D eigenvalue weighted by atomic mass is 32.1. The first-order chi connectivity index (χ1) is 13.0. The van der Waals surface area contributed by atoms with Crippen LogP contribution in [0.5, 0.6) is 0 Å². The number of imidazole rings is 1. The van der Waals surface area contributed by atoms with Crippen molar-refractivity contribution in [3.05, 3.63) is 46.9 Å². The Kier molecular flexibility index (Phi) is 4.15. The molecule has 0 radical (unpaired) electrons. The first-order valence-electron chi connectivity index (χ1n) is 7.72. The van der Waals surface area contributed by atoms with Gasteiger partial charge in [0.2, 0.25) is 5.82 Å². The normalized spacial score (nSPS) is 11.4. The van der Waals surface area contributed by atoms with Crippen molar-refractivity contribution in [1.29, 1.82) is 0 Å². The zero-order valence-electron chi connectivity index (χ0n) is 14.1. The molecule has 0 aliphatic heterocycles. The topological polar surface area (TPSA) is 87.2 Å². The number of aryl methyl sites for hydroxylation is 1. The van der Waals surface area contributed by atoms with E-state index >= 15 is 0 Å². The summed E-state index contributed by atoms with van der Waals surface area (Å²) in [6.45, 7) is 1.97. The molecule has 0 aromatic carbocycles. The summed E-state index contributed by atoms with van der Waals surface area (Å²) < 4.78 is 33.8. The molecule has 0 bridgehead atoms. The fourth-order valence-electron chi connectivity index (χ4n) is 2.71. The standard InChI is InChI=1S/C16H12F2N6O2S/c1-8-3-4-12(27-8)11-6-19-14-10(24-15(13(17)18)20-21-22-24)5-9(7-23(11)14)16(25)26-2/h3-7,13H,1-2H3. The minimum Gasteiger partial charge on any atom is -0.465 e. The fraction of sp³-hybridized carbons (Fsp3) is 0.188. The quantitative estimate of drug-likeness (QED) is 0.498. The number of alkyl halides is 2. The average molecular weight is 390 g/mol. The zero-order chi connectivity index (χ0) is 19.1. The summed E-state index contributed by atoms with van der Waals surface area (Å²) in [5, 5.41) is 10.3. The van der Waals surface area contributed by atoms with Gasteiger partial charge in [-0.1, -0.05) is 0 Å². The largest absolute Gasteiger partial charge is 0.465 e. The average Bonchev–Trinajstić information content (AvgIpc) is 3.38. The fourth-order valence-corrected chi connectivity index (χ4v) is 3.59. The maximum Gasteiger partial charge on any atom is 0.339 e. The summed E-state index contributed by atoms with van der Waals surface area (Å²) in [5.41, 5.74) is 1.35. The number of nitrogens with zero attached hydrogens (tertiary/aromatic N) is 6. The Balaban J connectivity index is 2.02. The van der Waals surface area contributed by atoms with E-state index in [1.807, 2.05) is 19.1 Å². The molecule has 4 aromatic rings. The second kappa shape index (κ2) is 6.50. The highest BCUT2D eigenvalue weighted by Crippen LogP contribution is 2.31. The lowest BCUT2D eigenvalue weighted by atomic mass is 10.2. The predicted octanol–water partition coefficient (Wildman–Crippen LogP) is 3.07. The molecule has 0 N–H and O–H groups in total. The number of esters is 1. The number of fused-ring (bicyclic) bond motifs is 1. The van der Waals surface area contributed by atoms with Crippen molar-refractivity contribution in [3.63, 3.8) is 0 Å². The molecule has 0 aliphatic carbocycles. The molecule has 0 spiro atoms. The molecule has 0 saturated heterocycles. The molecule has 8 nitrogen and oxygen atoms in total. The summed E-state index contributed by atoms with van der Waals surface area (Å²) >= 11 is 1.55. The van der Waals surface area contributed by atoms with Crippen LogP contribution in [0.4, 0.5) is 8.78 Å². The van der Waals surface area contributed by atoms with E-state index in [-0.39, 0.29) is 11.3 Å². The summed E-state index contributed by atoms with van der Waals surface area (Å²) in [6.07, 6.45) is 0.266. The molecule has 138 valence electrons. The number of carbonyl (C=O) groups is 1. The molecular formula is C16H12F2N6O2S. The van der Waals surface area contributed by atoms with Gasteiger partial charge in [0, 0.05) is 11.1 Å². The molecule has 0 aliphatic rings. The summed E-state index contributed by atoms with van der Waals surface area (Å²) in [4.78, 5) is 18.5. The van der Waals surface area contributed by atoms with E-state index in [1.54, 1.807) is 28.1 Å². The Morgan fingerprint density at radius 3 is 2.81 bits per heavy atom. The van der Waals surface area contributed by atoms with Crippen LogP contribution < -0.4 is 0 Å². The van der Waals surface area contributed by atoms with Gasteiger partial charge in [0.15, 0.2) is 5.65 Å². The Labute approximate surface area is 155 Å². The molecule has 0 atom stereocenters. The zero-order valence-corrected chi connectivity index (χ0v) is 14.9. The van der Waals surface area contributed by atoms with Crippen molar-refractivity contribution in [2.75, 3.05) is 7.11 Å². The maximum atomic E-state index is 13.3. The van der Waals surface area contributed by atoms with Crippen molar-refractivity contribution in [3.8, 4) is 16.3 Å². The lowest BCUT2D eigenvalue weighted by Gasteiger charge is -2.09. The van der Waals surface area contributed by atoms with Gasteiger partial charge in [-0.15, -0.1) is 16.4 Å². The third kappa shape index (κ3) is 2.85. The van der Waals surface area contributed by atoms with Crippen LogP contribution in [0, 0.1) is 6.92 Å². The Morgan fingerprint density at radius 2 is 2.15 bits per heavy atom. The molecular weight excluding hydrogens is 378 g/mol. The van der Waals surface area contributed by atoms with Crippen LogP contribution in [0.2, 0.25) is 0 Å². The van der Waals surface area contributed by atoms with E-state index in [2.05, 4.69) is 20.5 Å². The van der Waals surface area contributed by atoms with Crippen LogP contribution in [0.15, 0.2) is 30.6 Å². The minimum atomic E-state index is -2.89. The molecule has 27 heavy (non-hydrogen) atoms. The van der Waals surface area contributed by atoms with Gasteiger partial charge in [0.1, 0.15) is 5.69 Å². The first kappa shape index (κ1) is 17.2. The van der Waals surface area contributed by atoms with E-state index in [0.717, 1.165) is 14.4 Å². The number of methoxy groups -OCH3 is 1. The predicted molar refractivity (Wildman–Crippen MR) is 92.3 cm³/mol. The number of carbonyl (C=O) groups excluding carboxylic acids is 1. The lowest BCUT2D eigenvalue weighted by Crippen LogP contribution is -2.10. The highest BCUT2D eigenvalue weighted by Gasteiger charge is 2.23. The van der Waals surface area contributed by atoms with E-state index in [9.17, 15) is 13.6 Å². The second-order valence-corrected chi connectivity index (χ2v) is 6.89. The lowest BCUT2D eigenvalue weighted by molar-refractivity contribution is 0.0600. The number of aromatic nitrogens is 6. The summed E-state index contributed by atoms with van der Waals surface area (Å²) in [6, 6.07) is 5.26. The van der Waals surface area contributed by atoms with Gasteiger partial charge in [-0.2, -0.15) is 4.68 Å². The van der Waals surface area contributed by atoms with Crippen molar-refractivity contribution in [2.45, 2.75) is 13.3 Å². The molecule has 0 unspecified atom stereocenters. The van der Waals surface area contributed by atoms with E-state index < -0.39 is 18.2 Å². The summed E-state index contributed by atoms with van der Waals surface area (Å²) in [7, 11) is 1.24. The van der Waals surface area contributed by atoms with Gasteiger partial charge in [0.05, 0.1) is 29.4 Å². The maximum absolute atomic E-state index is 13.3. The molecule has 0 fully saturated rings. The smallest absolute Gasteiger partial charge is 0.339 e. The molecule has 0 saturated carbocycles. The molecule has 4 aromatic heterocycles. The number of thiophene rings is 1. The van der Waals surface area contributed by atoms with Crippen LogP contribution >= 0.6 is 11.3 Å². The third-order valence-corrected chi connectivity index (χ3v) is 4.94. The monoisotopic (exact) mass is 390 g/mol. The number of ether oxygens (including phenoxy) is 1. The SMILES string of the molecule is COC(=O)c1cc(-n2nnnc2C(F)F)c2ncc(-c3ccc(C)s3)n2c1. The van der Waals surface area contributed by atoms with E-state index in [1.165, 1.54) is 13.2 Å². The molecule has 11 heteroatoms. The Hall–Kier alpha value is -3.21. The van der Waals surface area contributed by atoms with E-state index in [0.29, 0.717) is 11.3 Å². The minimum absolute atomic E-state index is 0.151. The van der Waals surface area contributed by atoms with E-state index in [4.69, 9.17) is 4.74 Å². The van der Waals surface area contributed by atoms with Crippen molar-refractivity contribution < 1.29 is 18.3 Å². The van der Waals surface area contributed by atoms with Crippen LogP contribution in [0.3, 0.4) is 0 Å². The first-order valence-corrected chi connectivity index (χ1v) is 8.54. The number of pyridine rings is 1. The van der Waals surface area contributed by atoms with Gasteiger partial charge in [0.25, 0.3) is 6.43 Å². The highest BCUT2D eigenvalue weighted by molar-refractivity contribution is 7.15. The van der Waals surface area contributed by atoms with Crippen molar-refractivity contribution in [2.24, 2.45) is 0 Å². The number of halogens is 2.